The second kappa shape index (κ2) is 7.39. The maximum Gasteiger partial charge on any atom is 0.255 e. The summed E-state index contributed by atoms with van der Waals surface area (Å²) in [7, 11) is 0. The summed E-state index contributed by atoms with van der Waals surface area (Å²) in [5, 5.41) is 8.71. The number of ether oxygens (including phenoxy) is 1. The number of thiophene rings is 1. The molecule has 1 aromatic carbocycles. The van der Waals surface area contributed by atoms with E-state index in [1.807, 2.05) is 42.6 Å². The highest BCUT2D eigenvalue weighted by Gasteiger charge is 2.24. The molecule has 1 fully saturated rings. The predicted molar refractivity (Wildman–Crippen MR) is 97.9 cm³/mol. The summed E-state index contributed by atoms with van der Waals surface area (Å²) >= 11 is 1.57. The molecule has 0 bridgehead atoms. The number of hydrogen-bond donors (Lipinski definition) is 1. The van der Waals surface area contributed by atoms with E-state index in [9.17, 15) is 4.79 Å². The second-order valence-corrected chi connectivity index (χ2v) is 7.26. The zero-order valence-electron chi connectivity index (χ0n) is 14.4. The molecule has 4 rings (SSSR count). The lowest BCUT2D eigenvalue weighted by Crippen LogP contribution is -2.23. The van der Waals surface area contributed by atoms with Gasteiger partial charge in [-0.1, -0.05) is 35.5 Å². The van der Waals surface area contributed by atoms with Crippen molar-refractivity contribution in [1.29, 1.82) is 0 Å². The van der Waals surface area contributed by atoms with E-state index in [1.54, 1.807) is 11.3 Å². The average molecular weight is 369 g/mol. The van der Waals surface area contributed by atoms with Crippen molar-refractivity contribution >= 4 is 17.2 Å². The lowest BCUT2D eigenvalue weighted by atomic mass is 10.0. The highest BCUT2D eigenvalue weighted by Crippen LogP contribution is 2.32. The van der Waals surface area contributed by atoms with Crippen molar-refractivity contribution < 1.29 is 14.1 Å². The van der Waals surface area contributed by atoms with Crippen LogP contribution < -0.4 is 5.32 Å². The molecule has 1 N–H and O–H groups in total. The molecule has 134 valence electrons. The van der Waals surface area contributed by atoms with Crippen molar-refractivity contribution in [2.24, 2.45) is 0 Å². The summed E-state index contributed by atoms with van der Waals surface area (Å²) in [6, 6.07) is 9.94. The molecule has 7 heteroatoms. The van der Waals surface area contributed by atoms with Crippen LogP contribution in [0.25, 0.3) is 11.1 Å². The number of amides is 1. The lowest BCUT2D eigenvalue weighted by molar-refractivity contribution is 0.0835. The largest absolute Gasteiger partial charge is 0.368 e. The Kier molecular flexibility index (Phi) is 4.81. The first-order valence-corrected chi connectivity index (χ1v) is 9.46. The molecule has 1 aliphatic rings. The Morgan fingerprint density at radius 1 is 1.35 bits per heavy atom. The van der Waals surface area contributed by atoms with E-state index in [2.05, 4.69) is 15.5 Å². The van der Waals surface area contributed by atoms with E-state index in [1.165, 1.54) is 0 Å². The van der Waals surface area contributed by atoms with E-state index in [4.69, 9.17) is 9.26 Å². The van der Waals surface area contributed by atoms with Gasteiger partial charge in [-0.05, 0) is 25.3 Å². The van der Waals surface area contributed by atoms with Gasteiger partial charge in [0.1, 0.15) is 6.10 Å². The number of carbonyl (C=O) groups excluding carboxylic acids is 1. The lowest BCUT2D eigenvalue weighted by Gasteiger charge is -2.06. The third-order valence-corrected chi connectivity index (χ3v) is 5.29. The van der Waals surface area contributed by atoms with Gasteiger partial charge in [0.25, 0.3) is 11.8 Å². The van der Waals surface area contributed by atoms with E-state index in [-0.39, 0.29) is 18.6 Å². The molecule has 1 atom stereocenters. The molecule has 0 spiro atoms. The molecule has 0 aliphatic carbocycles. The molecule has 3 heterocycles. The van der Waals surface area contributed by atoms with Crippen molar-refractivity contribution in [2.45, 2.75) is 32.4 Å². The summed E-state index contributed by atoms with van der Waals surface area (Å²) in [5.74, 6) is 0.803. The Labute approximate surface area is 155 Å². The number of nitrogens with one attached hydrogen (secondary N) is 1. The molecular formula is C19H19N3O3S. The van der Waals surface area contributed by atoms with Crippen LogP contribution in [-0.4, -0.2) is 22.7 Å². The summed E-state index contributed by atoms with van der Waals surface area (Å²) in [5.41, 5.74) is 2.68. The zero-order valence-corrected chi connectivity index (χ0v) is 15.2. The molecule has 3 aromatic rings. The first-order chi connectivity index (χ1) is 12.7. The van der Waals surface area contributed by atoms with Crippen LogP contribution in [0.15, 0.2) is 40.2 Å². The minimum Gasteiger partial charge on any atom is -0.368 e. The van der Waals surface area contributed by atoms with Crippen molar-refractivity contribution in [2.75, 3.05) is 6.61 Å². The van der Waals surface area contributed by atoms with Crippen molar-refractivity contribution in [3.05, 3.63) is 57.9 Å². The molecule has 6 nitrogen and oxygen atoms in total. The fraction of sp³-hybridized carbons (Fsp3) is 0.316. The Morgan fingerprint density at radius 2 is 2.19 bits per heavy atom. The van der Waals surface area contributed by atoms with E-state index >= 15 is 0 Å². The summed E-state index contributed by atoms with van der Waals surface area (Å²) < 4.78 is 10.8. The van der Waals surface area contributed by atoms with Crippen LogP contribution >= 0.6 is 11.3 Å². The van der Waals surface area contributed by atoms with Crippen molar-refractivity contribution in [3.8, 4) is 11.1 Å². The molecule has 2 aromatic heterocycles. The standard InChI is InChI=1S/C19H19N3O3S/c1-12-17(13-6-3-2-4-7-13)14(11-26-12)18(23)20-10-16-21-19(25-22-16)15-8-5-9-24-15/h2-4,6-7,11,15H,5,8-10H2,1H3,(H,20,23). The minimum atomic E-state index is -0.142. The predicted octanol–water partition coefficient (Wildman–Crippen LogP) is 3.89. The van der Waals surface area contributed by atoms with E-state index < -0.39 is 0 Å². The highest BCUT2D eigenvalue weighted by atomic mass is 32.1. The van der Waals surface area contributed by atoms with Gasteiger partial charge in [0.2, 0.25) is 0 Å². The van der Waals surface area contributed by atoms with Crippen molar-refractivity contribution in [1.82, 2.24) is 15.5 Å². The molecule has 0 saturated carbocycles. The molecule has 1 unspecified atom stereocenters. The van der Waals surface area contributed by atoms with Crippen LogP contribution in [0.3, 0.4) is 0 Å². The first-order valence-electron chi connectivity index (χ1n) is 8.58. The third kappa shape index (κ3) is 3.40. The number of nitrogens with zero attached hydrogens (tertiary/aromatic N) is 2. The molecule has 1 saturated heterocycles. The summed E-state index contributed by atoms with van der Waals surface area (Å²) in [4.78, 5) is 18.1. The monoisotopic (exact) mass is 369 g/mol. The zero-order chi connectivity index (χ0) is 17.9. The maximum atomic E-state index is 12.7. The number of benzene rings is 1. The normalized spacial score (nSPS) is 16.7. The SMILES string of the molecule is Cc1scc(C(=O)NCc2noc(C3CCCO3)n2)c1-c1ccccc1. The smallest absolute Gasteiger partial charge is 0.255 e. The number of carbonyl (C=O) groups is 1. The topological polar surface area (TPSA) is 77.2 Å². The van der Waals surface area contributed by atoms with Gasteiger partial charge in [0.15, 0.2) is 5.82 Å². The van der Waals surface area contributed by atoms with Crippen LogP contribution in [0.2, 0.25) is 0 Å². The molecular weight excluding hydrogens is 350 g/mol. The number of hydrogen-bond acceptors (Lipinski definition) is 6. The van der Waals surface area contributed by atoms with Gasteiger partial charge in [-0.25, -0.2) is 0 Å². The summed E-state index contributed by atoms with van der Waals surface area (Å²) in [6.45, 7) is 2.97. The Hall–Kier alpha value is -2.51. The third-order valence-electron chi connectivity index (χ3n) is 4.38. The quantitative estimate of drug-likeness (QED) is 0.738. The van der Waals surface area contributed by atoms with Crippen LogP contribution in [0.1, 0.15) is 45.9 Å². The highest BCUT2D eigenvalue weighted by molar-refractivity contribution is 7.10. The van der Waals surface area contributed by atoms with Gasteiger partial charge in [-0.2, -0.15) is 4.98 Å². The van der Waals surface area contributed by atoms with Crippen LogP contribution in [0.5, 0.6) is 0 Å². The number of aryl methyl sites for hydroxylation is 1. The van der Waals surface area contributed by atoms with Crippen LogP contribution in [-0.2, 0) is 11.3 Å². The van der Waals surface area contributed by atoms with Gasteiger partial charge < -0.3 is 14.6 Å². The van der Waals surface area contributed by atoms with Gasteiger partial charge in [-0.3, -0.25) is 4.79 Å². The molecule has 1 aliphatic heterocycles. The second-order valence-electron chi connectivity index (χ2n) is 6.18. The average Bonchev–Trinajstić information content (AvgIpc) is 3.40. The Balaban J connectivity index is 1.46. The number of rotatable bonds is 5. The fourth-order valence-corrected chi connectivity index (χ4v) is 3.95. The van der Waals surface area contributed by atoms with Gasteiger partial charge in [0, 0.05) is 22.4 Å². The van der Waals surface area contributed by atoms with Crippen LogP contribution in [0, 0.1) is 6.92 Å². The Morgan fingerprint density at radius 3 is 2.96 bits per heavy atom. The van der Waals surface area contributed by atoms with Gasteiger partial charge in [0.05, 0.1) is 12.1 Å². The Bertz CT molecular complexity index is 898. The fourth-order valence-electron chi connectivity index (χ4n) is 3.08. The van der Waals surface area contributed by atoms with Crippen molar-refractivity contribution in [3.63, 3.8) is 0 Å². The molecule has 0 radical (unpaired) electrons. The van der Waals surface area contributed by atoms with E-state index in [0.29, 0.717) is 17.3 Å². The maximum absolute atomic E-state index is 12.7. The van der Waals surface area contributed by atoms with Gasteiger partial charge in [-0.15, -0.1) is 11.3 Å². The minimum absolute atomic E-state index is 0.115. The first kappa shape index (κ1) is 16.9. The van der Waals surface area contributed by atoms with Crippen LogP contribution in [0.4, 0.5) is 0 Å². The van der Waals surface area contributed by atoms with E-state index in [0.717, 1.165) is 35.5 Å². The van der Waals surface area contributed by atoms with Gasteiger partial charge >= 0.3 is 0 Å². The number of aromatic nitrogens is 2. The molecule has 26 heavy (non-hydrogen) atoms. The summed E-state index contributed by atoms with van der Waals surface area (Å²) in [6.07, 6.45) is 1.78. The molecule has 1 amide bonds.